The van der Waals surface area contributed by atoms with Gasteiger partial charge in [0.05, 0.1) is 25.7 Å². The van der Waals surface area contributed by atoms with Gasteiger partial charge in [0, 0.05) is 18.7 Å². The highest BCUT2D eigenvalue weighted by Crippen LogP contribution is 2.29. The van der Waals surface area contributed by atoms with Crippen LogP contribution in [0.1, 0.15) is 0 Å². The van der Waals surface area contributed by atoms with Crippen LogP contribution in [0.4, 0.5) is 10.1 Å². The van der Waals surface area contributed by atoms with Gasteiger partial charge in [-0.1, -0.05) is 23.9 Å². The van der Waals surface area contributed by atoms with E-state index in [4.69, 9.17) is 9.47 Å². The number of halogens is 1. The van der Waals surface area contributed by atoms with Crippen LogP contribution in [-0.4, -0.2) is 40.6 Å². The summed E-state index contributed by atoms with van der Waals surface area (Å²) < 4.78 is 25.6. The Balaban J connectivity index is 1.66. The van der Waals surface area contributed by atoms with Crippen molar-refractivity contribution in [2.45, 2.75) is 5.16 Å². The minimum absolute atomic E-state index is 0.129. The molecule has 0 unspecified atom stereocenters. The van der Waals surface area contributed by atoms with E-state index in [1.807, 2.05) is 0 Å². The topological polar surface area (TPSA) is 78.3 Å². The number of nitrogens with zero attached hydrogens (tertiary/aromatic N) is 3. The summed E-state index contributed by atoms with van der Waals surface area (Å²) >= 11 is 1.23. The van der Waals surface area contributed by atoms with Crippen LogP contribution >= 0.6 is 11.8 Å². The Morgan fingerprint density at radius 3 is 2.71 bits per heavy atom. The highest BCUT2D eigenvalue weighted by molar-refractivity contribution is 7.99. The molecule has 2 aromatic carbocycles. The molecule has 0 spiro atoms. The molecule has 0 saturated heterocycles. The first-order valence-corrected chi connectivity index (χ1v) is 9.30. The molecular formula is C19H19FN4O3S. The number of carbonyl (C=O) groups is 1. The van der Waals surface area contributed by atoms with Crippen LogP contribution in [0.2, 0.25) is 0 Å². The lowest BCUT2D eigenvalue weighted by Crippen LogP contribution is -2.15. The van der Waals surface area contributed by atoms with Gasteiger partial charge in [-0.05, 0) is 24.3 Å². The zero-order valence-electron chi connectivity index (χ0n) is 15.6. The zero-order valence-corrected chi connectivity index (χ0v) is 16.4. The fourth-order valence-electron chi connectivity index (χ4n) is 2.54. The summed E-state index contributed by atoms with van der Waals surface area (Å²) in [5.74, 6) is 1.23. The van der Waals surface area contributed by atoms with Crippen LogP contribution in [0.5, 0.6) is 11.5 Å². The third-order valence-electron chi connectivity index (χ3n) is 3.93. The third-order valence-corrected chi connectivity index (χ3v) is 4.95. The predicted molar refractivity (Wildman–Crippen MR) is 105 cm³/mol. The summed E-state index contributed by atoms with van der Waals surface area (Å²) in [6, 6.07) is 11.3. The van der Waals surface area contributed by atoms with Gasteiger partial charge in [0.1, 0.15) is 17.3 Å². The maximum Gasteiger partial charge on any atom is 0.234 e. The Morgan fingerprint density at radius 1 is 1.18 bits per heavy atom. The third kappa shape index (κ3) is 4.42. The maximum absolute atomic E-state index is 13.4. The Hall–Kier alpha value is -3.07. The number of carbonyl (C=O) groups excluding carboxylic acids is 1. The predicted octanol–water partition coefficient (Wildman–Crippen LogP) is 3.37. The van der Waals surface area contributed by atoms with Crippen molar-refractivity contribution in [3.63, 3.8) is 0 Å². The average Bonchev–Trinajstić information content (AvgIpc) is 3.07. The molecule has 1 aromatic heterocycles. The molecule has 9 heteroatoms. The van der Waals surface area contributed by atoms with Crippen LogP contribution in [0.25, 0.3) is 11.4 Å². The molecule has 0 aliphatic heterocycles. The number of nitrogens with one attached hydrogen (secondary N) is 1. The fraction of sp³-hybridized carbons (Fsp3) is 0.211. The summed E-state index contributed by atoms with van der Waals surface area (Å²) in [4.78, 5) is 12.3. The first-order chi connectivity index (χ1) is 13.5. The van der Waals surface area contributed by atoms with Crippen LogP contribution in [0.3, 0.4) is 0 Å². The van der Waals surface area contributed by atoms with Gasteiger partial charge in [-0.25, -0.2) is 4.39 Å². The minimum Gasteiger partial charge on any atom is -0.497 e. The van der Waals surface area contributed by atoms with Crippen molar-refractivity contribution in [2.24, 2.45) is 7.05 Å². The molecule has 3 rings (SSSR count). The molecule has 1 N–H and O–H groups in total. The number of thioether (sulfide) groups is 1. The summed E-state index contributed by atoms with van der Waals surface area (Å²) in [5, 5.41) is 11.5. The lowest BCUT2D eigenvalue weighted by Gasteiger charge is -2.11. The molecule has 1 amide bonds. The van der Waals surface area contributed by atoms with Crippen molar-refractivity contribution < 1.29 is 18.7 Å². The van der Waals surface area contributed by atoms with E-state index in [0.29, 0.717) is 33.7 Å². The Bertz CT molecular complexity index is 993. The number of ether oxygens (including phenoxy) is 2. The molecule has 28 heavy (non-hydrogen) atoms. The highest BCUT2D eigenvalue weighted by Gasteiger charge is 2.14. The molecule has 0 aliphatic rings. The first-order valence-electron chi connectivity index (χ1n) is 8.32. The largest absolute Gasteiger partial charge is 0.497 e. The summed E-state index contributed by atoms with van der Waals surface area (Å²) in [7, 11) is 4.85. The van der Waals surface area contributed by atoms with Crippen molar-refractivity contribution in [3.05, 3.63) is 48.3 Å². The van der Waals surface area contributed by atoms with Gasteiger partial charge in [0.25, 0.3) is 0 Å². The molecule has 7 nitrogen and oxygen atoms in total. The van der Waals surface area contributed by atoms with Gasteiger partial charge in [0.2, 0.25) is 5.91 Å². The number of amides is 1. The Kier molecular flexibility index (Phi) is 6.15. The van der Waals surface area contributed by atoms with Crippen molar-refractivity contribution >= 4 is 23.4 Å². The van der Waals surface area contributed by atoms with Crippen molar-refractivity contribution in [1.29, 1.82) is 0 Å². The number of hydrogen-bond donors (Lipinski definition) is 1. The van der Waals surface area contributed by atoms with E-state index >= 15 is 0 Å². The van der Waals surface area contributed by atoms with E-state index in [1.54, 1.807) is 49.1 Å². The number of hydrogen-bond acceptors (Lipinski definition) is 6. The zero-order chi connectivity index (χ0) is 20.1. The molecule has 0 aliphatic carbocycles. The molecule has 0 bridgehead atoms. The normalized spacial score (nSPS) is 10.6. The summed E-state index contributed by atoms with van der Waals surface area (Å²) in [6.07, 6.45) is 0. The average molecular weight is 402 g/mol. The molecular weight excluding hydrogens is 383 g/mol. The molecule has 1 heterocycles. The number of benzene rings is 2. The Labute approximate surface area is 165 Å². The van der Waals surface area contributed by atoms with Crippen molar-refractivity contribution in [1.82, 2.24) is 14.8 Å². The second kappa shape index (κ2) is 8.75. The second-order valence-electron chi connectivity index (χ2n) is 5.78. The summed E-state index contributed by atoms with van der Waals surface area (Å²) in [6.45, 7) is 0. The van der Waals surface area contributed by atoms with Gasteiger partial charge < -0.3 is 19.4 Å². The van der Waals surface area contributed by atoms with Gasteiger partial charge in [-0.2, -0.15) is 0 Å². The smallest absolute Gasteiger partial charge is 0.234 e. The van der Waals surface area contributed by atoms with E-state index in [1.165, 1.54) is 31.0 Å². The first kappa shape index (κ1) is 19.7. The van der Waals surface area contributed by atoms with Crippen LogP contribution < -0.4 is 14.8 Å². The highest BCUT2D eigenvalue weighted by atomic mass is 32.2. The fourth-order valence-corrected chi connectivity index (χ4v) is 3.25. The Morgan fingerprint density at radius 2 is 2.00 bits per heavy atom. The minimum atomic E-state index is -0.345. The van der Waals surface area contributed by atoms with E-state index in [0.717, 1.165) is 0 Å². The molecule has 0 saturated carbocycles. The van der Waals surface area contributed by atoms with Crippen LogP contribution in [0, 0.1) is 5.82 Å². The molecule has 0 fully saturated rings. The molecule has 3 aromatic rings. The number of aromatic nitrogens is 3. The lowest BCUT2D eigenvalue weighted by molar-refractivity contribution is -0.113. The van der Waals surface area contributed by atoms with Gasteiger partial charge >= 0.3 is 0 Å². The van der Waals surface area contributed by atoms with Gasteiger partial charge in [0.15, 0.2) is 11.0 Å². The van der Waals surface area contributed by atoms with E-state index in [9.17, 15) is 9.18 Å². The van der Waals surface area contributed by atoms with Crippen molar-refractivity contribution in [3.8, 4) is 22.9 Å². The SMILES string of the molecule is COc1ccc(NC(=O)CSc2nnc(-c3cccc(F)c3)n2C)c(OC)c1. The molecule has 146 valence electrons. The van der Waals surface area contributed by atoms with Gasteiger partial charge in [-0.3, -0.25) is 4.79 Å². The monoisotopic (exact) mass is 402 g/mol. The lowest BCUT2D eigenvalue weighted by atomic mass is 10.2. The van der Waals surface area contributed by atoms with E-state index in [-0.39, 0.29) is 17.5 Å². The van der Waals surface area contributed by atoms with Crippen LogP contribution in [0.15, 0.2) is 47.6 Å². The number of rotatable bonds is 7. The summed E-state index contributed by atoms with van der Waals surface area (Å²) in [5.41, 5.74) is 1.17. The second-order valence-corrected chi connectivity index (χ2v) is 6.72. The van der Waals surface area contributed by atoms with E-state index in [2.05, 4.69) is 15.5 Å². The van der Waals surface area contributed by atoms with Gasteiger partial charge in [-0.15, -0.1) is 10.2 Å². The van der Waals surface area contributed by atoms with Crippen molar-refractivity contribution in [2.75, 3.05) is 25.3 Å². The quantitative estimate of drug-likeness (QED) is 0.611. The number of anilines is 1. The number of methoxy groups -OCH3 is 2. The molecule has 0 radical (unpaired) electrons. The van der Waals surface area contributed by atoms with E-state index < -0.39 is 0 Å². The standard InChI is InChI=1S/C19H19FN4O3S/c1-24-18(12-5-4-6-13(20)9-12)22-23-19(24)28-11-17(25)21-15-8-7-14(26-2)10-16(15)27-3/h4-10H,11H2,1-3H3,(H,21,25). The maximum atomic E-state index is 13.4. The molecule has 0 atom stereocenters. The van der Waals surface area contributed by atoms with Crippen LogP contribution in [-0.2, 0) is 11.8 Å².